The van der Waals surface area contributed by atoms with E-state index in [1.807, 2.05) is 0 Å². The van der Waals surface area contributed by atoms with Crippen molar-refractivity contribution in [3.05, 3.63) is 24.3 Å². The molecule has 1 atom stereocenters. The zero-order chi connectivity index (χ0) is 13.9. The molecule has 1 heterocycles. The van der Waals surface area contributed by atoms with Gasteiger partial charge in [0.05, 0.1) is 10.9 Å². The molecule has 0 saturated carbocycles. The second-order valence-electron chi connectivity index (χ2n) is 4.37. The normalized spacial score (nSPS) is 18.4. The van der Waals surface area contributed by atoms with Crippen LogP contribution in [-0.4, -0.2) is 34.0 Å². The molecular weight excluding hydrogens is 302 g/mol. The van der Waals surface area contributed by atoms with Crippen LogP contribution in [0.1, 0.15) is 12.8 Å². The molecule has 1 aliphatic heterocycles. The summed E-state index contributed by atoms with van der Waals surface area (Å²) in [5, 5.41) is 5.82. The molecular formula is C12H18ClN3O3S. The fourth-order valence-electron chi connectivity index (χ4n) is 2.00. The molecule has 0 spiro atoms. The first-order valence-electron chi connectivity index (χ1n) is 6.11. The van der Waals surface area contributed by atoms with E-state index in [0.29, 0.717) is 5.69 Å². The molecule has 0 radical (unpaired) electrons. The van der Waals surface area contributed by atoms with Crippen molar-refractivity contribution in [3.63, 3.8) is 0 Å². The average Bonchev–Trinajstić information content (AvgIpc) is 2.93. The van der Waals surface area contributed by atoms with Crippen molar-refractivity contribution in [2.75, 3.05) is 18.9 Å². The summed E-state index contributed by atoms with van der Waals surface area (Å²) in [6.45, 7) is 0.840. The van der Waals surface area contributed by atoms with Crippen molar-refractivity contribution >= 4 is 34.0 Å². The fourth-order valence-corrected chi connectivity index (χ4v) is 2.77. The lowest BCUT2D eigenvalue weighted by molar-refractivity contribution is -0.117. The predicted molar refractivity (Wildman–Crippen MR) is 79.6 cm³/mol. The van der Waals surface area contributed by atoms with Crippen LogP contribution in [0.4, 0.5) is 5.69 Å². The van der Waals surface area contributed by atoms with Gasteiger partial charge in [0, 0.05) is 5.69 Å². The van der Waals surface area contributed by atoms with Crippen LogP contribution in [0.15, 0.2) is 29.2 Å². The Labute approximate surface area is 124 Å². The summed E-state index contributed by atoms with van der Waals surface area (Å²) in [5.74, 6) is -0.128. The van der Waals surface area contributed by atoms with Crippen LogP contribution in [0.5, 0.6) is 0 Å². The maximum atomic E-state index is 11.9. The van der Waals surface area contributed by atoms with Gasteiger partial charge in [0.15, 0.2) is 0 Å². The molecule has 1 unspecified atom stereocenters. The van der Waals surface area contributed by atoms with Gasteiger partial charge in [-0.2, -0.15) is 0 Å². The molecule has 6 nitrogen and oxygen atoms in total. The van der Waals surface area contributed by atoms with Crippen molar-refractivity contribution < 1.29 is 13.2 Å². The molecule has 1 aromatic carbocycles. The van der Waals surface area contributed by atoms with Crippen molar-refractivity contribution in [1.29, 1.82) is 0 Å². The molecule has 8 heteroatoms. The minimum absolute atomic E-state index is 0. The predicted octanol–water partition coefficient (Wildman–Crippen LogP) is 0.707. The van der Waals surface area contributed by atoms with Gasteiger partial charge in [0.2, 0.25) is 15.9 Å². The van der Waals surface area contributed by atoms with Gasteiger partial charge in [-0.25, -0.2) is 13.1 Å². The second-order valence-corrected chi connectivity index (χ2v) is 6.26. The first-order valence-corrected chi connectivity index (χ1v) is 7.59. The Kier molecular flexibility index (Phi) is 5.94. The number of benzene rings is 1. The second kappa shape index (κ2) is 7.03. The first-order chi connectivity index (χ1) is 9.03. The molecule has 112 valence electrons. The number of rotatable bonds is 4. The minimum atomic E-state index is -3.49. The molecule has 1 aliphatic rings. The number of anilines is 1. The quantitative estimate of drug-likeness (QED) is 0.762. The number of halogens is 1. The molecule has 1 saturated heterocycles. The van der Waals surface area contributed by atoms with Crippen LogP contribution >= 0.6 is 12.4 Å². The average molecular weight is 320 g/mol. The molecule has 0 bridgehead atoms. The summed E-state index contributed by atoms with van der Waals surface area (Å²) in [7, 11) is -2.14. The monoisotopic (exact) mass is 319 g/mol. The number of amides is 1. The molecule has 0 aliphatic carbocycles. The van der Waals surface area contributed by atoms with E-state index >= 15 is 0 Å². The fraction of sp³-hybridized carbons (Fsp3) is 0.417. The van der Waals surface area contributed by atoms with Crippen LogP contribution in [0.25, 0.3) is 0 Å². The van der Waals surface area contributed by atoms with Gasteiger partial charge in [-0.1, -0.05) is 6.07 Å². The summed E-state index contributed by atoms with van der Waals surface area (Å²) in [5.41, 5.74) is 0.482. The van der Waals surface area contributed by atoms with Gasteiger partial charge in [0.1, 0.15) is 0 Å². The molecule has 1 aromatic rings. The van der Waals surface area contributed by atoms with Gasteiger partial charge in [0.25, 0.3) is 0 Å². The lowest BCUT2D eigenvalue weighted by Crippen LogP contribution is -2.35. The third kappa shape index (κ3) is 3.92. The maximum absolute atomic E-state index is 11.9. The van der Waals surface area contributed by atoms with Crippen LogP contribution < -0.4 is 15.4 Å². The first kappa shape index (κ1) is 16.9. The highest BCUT2D eigenvalue weighted by atomic mass is 35.5. The standard InChI is InChI=1S/C12H17N3O3S.ClH/c1-13-19(17,18)10-5-2-4-9(8-10)15-12(16)11-6-3-7-14-11;/h2,4-5,8,11,13-14H,3,6-7H2,1H3,(H,15,16);1H. The number of hydrogen-bond donors (Lipinski definition) is 3. The van der Waals surface area contributed by atoms with Crippen LogP contribution in [0, 0.1) is 0 Å². The smallest absolute Gasteiger partial charge is 0.241 e. The number of nitrogens with one attached hydrogen (secondary N) is 3. The van der Waals surface area contributed by atoms with E-state index in [1.54, 1.807) is 12.1 Å². The topological polar surface area (TPSA) is 87.3 Å². The number of carbonyl (C=O) groups excluding carboxylic acids is 1. The zero-order valence-electron chi connectivity index (χ0n) is 11.0. The molecule has 1 fully saturated rings. The van der Waals surface area contributed by atoms with Gasteiger partial charge in [-0.05, 0) is 44.6 Å². The molecule has 3 N–H and O–H groups in total. The van der Waals surface area contributed by atoms with Crippen LogP contribution in [0.2, 0.25) is 0 Å². The summed E-state index contributed by atoms with van der Waals surface area (Å²) in [6.07, 6.45) is 1.78. The van der Waals surface area contributed by atoms with Crippen molar-refractivity contribution in [1.82, 2.24) is 10.0 Å². The number of hydrogen-bond acceptors (Lipinski definition) is 4. The van der Waals surface area contributed by atoms with Crippen LogP contribution in [-0.2, 0) is 14.8 Å². The lowest BCUT2D eigenvalue weighted by atomic mass is 10.2. The van der Waals surface area contributed by atoms with Crippen molar-refractivity contribution in [3.8, 4) is 0 Å². The van der Waals surface area contributed by atoms with E-state index in [-0.39, 0.29) is 29.3 Å². The molecule has 0 aromatic heterocycles. The summed E-state index contributed by atoms with van der Waals surface area (Å²) < 4.78 is 25.6. The SMILES string of the molecule is CNS(=O)(=O)c1cccc(NC(=O)C2CCCN2)c1.Cl. The Morgan fingerprint density at radius 2 is 2.15 bits per heavy atom. The minimum Gasteiger partial charge on any atom is -0.325 e. The number of sulfonamides is 1. The Bertz CT molecular complexity index is 571. The Morgan fingerprint density at radius 3 is 2.75 bits per heavy atom. The van der Waals surface area contributed by atoms with Crippen molar-refractivity contribution in [2.45, 2.75) is 23.8 Å². The van der Waals surface area contributed by atoms with Crippen molar-refractivity contribution in [2.24, 2.45) is 0 Å². The Balaban J connectivity index is 0.00000200. The highest BCUT2D eigenvalue weighted by Crippen LogP contribution is 2.16. The van der Waals surface area contributed by atoms with Gasteiger partial charge in [-0.3, -0.25) is 4.79 Å². The van der Waals surface area contributed by atoms with Gasteiger partial charge < -0.3 is 10.6 Å². The maximum Gasteiger partial charge on any atom is 0.241 e. The molecule has 2 rings (SSSR count). The molecule has 1 amide bonds. The highest BCUT2D eigenvalue weighted by Gasteiger charge is 2.22. The van der Waals surface area contributed by atoms with Crippen LogP contribution in [0.3, 0.4) is 0 Å². The van der Waals surface area contributed by atoms with E-state index in [2.05, 4.69) is 15.4 Å². The number of carbonyl (C=O) groups is 1. The Hall–Kier alpha value is -1.15. The highest BCUT2D eigenvalue weighted by molar-refractivity contribution is 7.89. The summed E-state index contributed by atoms with van der Waals surface area (Å²) in [6, 6.07) is 6.00. The third-order valence-electron chi connectivity index (χ3n) is 3.06. The van der Waals surface area contributed by atoms with E-state index < -0.39 is 10.0 Å². The van der Waals surface area contributed by atoms with E-state index in [9.17, 15) is 13.2 Å². The lowest BCUT2D eigenvalue weighted by Gasteiger charge is -2.12. The van der Waals surface area contributed by atoms with Gasteiger partial charge >= 0.3 is 0 Å². The van der Waals surface area contributed by atoms with E-state index in [4.69, 9.17) is 0 Å². The largest absolute Gasteiger partial charge is 0.325 e. The zero-order valence-corrected chi connectivity index (χ0v) is 12.7. The Morgan fingerprint density at radius 1 is 1.40 bits per heavy atom. The third-order valence-corrected chi connectivity index (χ3v) is 4.47. The van der Waals surface area contributed by atoms with Gasteiger partial charge in [-0.15, -0.1) is 12.4 Å². The van der Waals surface area contributed by atoms with E-state index in [1.165, 1.54) is 19.2 Å². The molecule has 20 heavy (non-hydrogen) atoms. The summed E-state index contributed by atoms with van der Waals surface area (Å²) in [4.78, 5) is 12.0. The summed E-state index contributed by atoms with van der Waals surface area (Å²) >= 11 is 0. The van der Waals surface area contributed by atoms with E-state index in [0.717, 1.165) is 19.4 Å².